The van der Waals surface area contributed by atoms with E-state index in [1.807, 2.05) is 0 Å². The second kappa shape index (κ2) is 5.18. The number of thiocarbonyl (C=S) groups is 1. The summed E-state index contributed by atoms with van der Waals surface area (Å²) >= 11 is 5.66. The van der Waals surface area contributed by atoms with Crippen molar-refractivity contribution >= 4 is 40.1 Å². The van der Waals surface area contributed by atoms with Gasteiger partial charge in [-0.15, -0.1) is 11.8 Å². The lowest BCUT2D eigenvalue weighted by Gasteiger charge is -2.10. The maximum Gasteiger partial charge on any atom is 0.316 e. The zero-order valence-corrected chi connectivity index (χ0v) is 8.82. The molecule has 0 rings (SSSR count). The van der Waals surface area contributed by atoms with Gasteiger partial charge in [-0.3, -0.25) is 9.59 Å². The van der Waals surface area contributed by atoms with E-state index in [0.717, 1.165) is 11.8 Å². The zero-order valence-electron chi connectivity index (χ0n) is 7.18. The second-order valence-electron chi connectivity index (χ2n) is 2.48. The van der Waals surface area contributed by atoms with Gasteiger partial charge in [-0.1, -0.05) is 12.2 Å². The lowest BCUT2D eigenvalue weighted by molar-refractivity contribution is -0.139. The van der Waals surface area contributed by atoms with Crippen molar-refractivity contribution in [3.63, 3.8) is 0 Å². The van der Waals surface area contributed by atoms with Gasteiger partial charge in [0.25, 0.3) is 0 Å². The van der Waals surface area contributed by atoms with E-state index in [0.29, 0.717) is 0 Å². The van der Waals surface area contributed by atoms with Crippen LogP contribution in [0, 0.1) is 5.92 Å². The molecule has 0 aliphatic heterocycles. The molecule has 2 N–H and O–H groups in total. The van der Waals surface area contributed by atoms with Crippen molar-refractivity contribution in [2.24, 2.45) is 5.92 Å². The minimum absolute atomic E-state index is 0.197. The molecular formula is C7H10O4S2. The Balaban J connectivity index is 4.15. The third-order valence-corrected chi connectivity index (χ3v) is 3.15. The van der Waals surface area contributed by atoms with Crippen LogP contribution in [0.25, 0.3) is 0 Å². The first-order valence-corrected chi connectivity index (χ1v) is 4.81. The molecule has 0 aromatic rings. The summed E-state index contributed by atoms with van der Waals surface area (Å²) in [6, 6.07) is 0. The first kappa shape index (κ1) is 12.4. The standard InChI is InChI=1S/C7H10O4S2/c1-3(5(8)9)7(12)13-4(2)6(10)11/h3-4H,1-2H3,(H,8,9)(H,10,11). The van der Waals surface area contributed by atoms with Gasteiger partial charge in [0, 0.05) is 0 Å². The van der Waals surface area contributed by atoms with E-state index in [4.69, 9.17) is 22.4 Å². The van der Waals surface area contributed by atoms with Crippen molar-refractivity contribution in [3.8, 4) is 0 Å². The van der Waals surface area contributed by atoms with Crippen LogP contribution in [0.2, 0.25) is 0 Å². The fourth-order valence-corrected chi connectivity index (χ4v) is 1.72. The van der Waals surface area contributed by atoms with Gasteiger partial charge < -0.3 is 10.2 Å². The maximum absolute atomic E-state index is 10.4. The van der Waals surface area contributed by atoms with Crippen LogP contribution < -0.4 is 0 Å². The molecule has 74 valence electrons. The van der Waals surface area contributed by atoms with Crippen molar-refractivity contribution in [1.29, 1.82) is 0 Å². The predicted molar refractivity (Wildman–Crippen MR) is 54.1 cm³/mol. The Bertz CT molecular complexity index is 239. The van der Waals surface area contributed by atoms with Crippen LogP contribution in [0.1, 0.15) is 13.8 Å². The number of hydrogen-bond acceptors (Lipinski definition) is 4. The number of carboxylic acid groups (broad SMARTS) is 2. The average molecular weight is 222 g/mol. The topological polar surface area (TPSA) is 74.6 Å². The fourth-order valence-electron chi connectivity index (χ4n) is 0.428. The molecule has 6 heteroatoms. The molecule has 0 saturated carbocycles. The summed E-state index contributed by atoms with van der Waals surface area (Å²) in [5.41, 5.74) is 0. The molecular weight excluding hydrogens is 212 g/mol. The minimum Gasteiger partial charge on any atom is -0.481 e. The minimum atomic E-state index is -1.03. The molecule has 0 saturated heterocycles. The van der Waals surface area contributed by atoms with Crippen molar-refractivity contribution in [2.45, 2.75) is 19.1 Å². The Morgan fingerprint density at radius 3 is 2.00 bits per heavy atom. The van der Waals surface area contributed by atoms with Gasteiger partial charge in [0.1, 0.15) is 5.25 Å². The highest BCUT2D eigenvalue weighted by Crippen LogP contribution is 2.19. The Hall–Kier alpha value is -0.620. The van der Waals surface area contributed by atoms with Crippen LogP contribution in [0.15, 0.2) is 0 Å². The monoisotopic (exact) mass is 222 g/mol. The van der Waals surface area contributed by atoms with Gasteiger partial charge in [0.2, 0.25) is 0 Å². The Morgan fingerprint density at radius 2 is 1.69 bits per heavy atom. The Morgan fingerprint density at radius 1 is 1.23 bits per heavy atom. The largest absolute Gasteiger partial charge is 0.481 e. The van der Waals surface area contributed by atoms with Gasteiger partial charge in [0.15, 0.2) is 0 Å². The predicted octanol–water partition coefficient (Wildman–Crippen LogP) is 1.24. The van der Waals surface area contributed by atoms with Crippen molar-refractivity contribution in [3.05, 3.63) is 0 Å². The molecule has 0 radical (unpaired) electrons. The second-order valence-corrected chi connectivity index (χ2v) is 4.56. The highest BCUT2D eigenvalue weighted by molar-refractivity contribution is 8.24. The van der Waals surface area contributed by atoms with E-state index in [-0.39, 0.29) is 4.20 Å². The molecule has 0 aromatic heterocycles. The molecule has 0 amide bonds. The van der Waals surface area contributed by atoms with Crippen LogP contribution in [0.3, 0.4) is 0 Å². The molecule has 13 heavy (non-hydrogen) atoms. The third-order valence-electron chi connectivity index (χ3n) is 1.36. The first-order valence-electron chi connectivity index (χ1n) is 3.52. The number of carboxylic acids is 2. The summed E-state index contributed by atoms with van der Waals surface area (Å²) in [5, 5.41) is 16.4. The third kappa shape index (κ3) is 4.23. The molecule has 0 heterocycles. The van der Waals surface area contributed by atoms with Crippen molar-refractivity contribution < 1.29 is 19.8 Å². The number of rotatable bonds is 4. The molecule has 0 fully saturated rings. The molecule has 0 aliphatic carbocycles. The van der Waals surface area contributed by atoms with Gasteiger partial charge in [-0.05, 0) is 13.8 Å². The maximum atomic E-state index is 10.4. The van der Waals surface area contributed by atoms with Crippen molar-refractivity contribution in [1.82, 2.24) is 0 Å². The normalized spacial score (nSPS) is 14.6. The van der Waals surface area contributed by atoms with Gasteiger partial charge in [-0.25, -0.2) is 0 Å². The number of thioether (sulfide) groups is 1. The molecule has 0 bridgehead atoms. The molecule has 4 nitrogen and oxygen atoms in total. The highest BCUT2D eigenvalue weighted by Gasteiger charge is 2.22. The van der Waals surface area contributed by atoms with E-state index in [2.05, 4.69) is 0 Å². The van der Waals surface area contributed by atoms with E-state index >= 15 is 0 Å². The number of aliphatic carboxylic acids is 2. The van der Waals surface area contributed by atoms with Gasteiger partial charge in [-0.2, -0.15) is 0 Å². The molecule has 0 spiro atoms. The Labute approximate surface area is 85.3 Å². The summed E-state index contributed by atoms with van der Waals surface area (Å²) in [4.78, 5) is 20.8. The SMILES string of the molecule is CC(SC(=S)C(C)C(=O)O)C(=O)O. The van der Waals surface area contributed by atoms with Crippen LogP contribution in [0.5, 0.6) is 0 Å². The number of hydrogen-bond donors (Lipinski definition) is 2. The number of carbonyl (C=O) groups is 2. The van der Waals surface area contributed by atoms with Gasteiger partial charge >= 0.3 is 11.9 Å². The molecule has 0 aromatic carbocycles. The van der Waals surface area contributed by atoms with E-state index in [9.17, 15) is 9.59 Å². The molecule has 2 unspecified atom stereocenters. The molecule has 0 aliphatic rings. The van der Waals surface area contributed by atoms with Gasteiger partial charge in [0.05, 0.1) is 10.1 Å². The summed E-state index contributed by atoms with van der Waals surface area (Å²) in [7, 11) is 0. The van der Waals surface area contributed by atoms with Crippen molar-refractivity contribution in [2.75, 3.05) is 0 Å². The average Bonchev–Trinajstić information content (AvgIpc) is 2.02. The lowest BCUT2D eigenvalue weighted by Crippen LogP contribution is -2.21. The summed E-state index contributed by atoms with van der Waals surface area (Å²) in [6.07, 6.45) is 0. The van der Waals surface area contributed by atoms with E-state index in [1.165, 1.54) is 13.8 Å². The highest BCUT2D eigenvalue weighted by atomic mass is 32.2. The first-order chi connectivity index (χ1) is 5.86. The fraction of sp³-hybridized carbons (Fsp3) is 0.571. The smallest absolute Gasteiger partial charge is 0.316 e. The van der Waals surface area contributed by atoms with Crippen LogP contribution in [-0.4, -0.2) is 31.6 Å². The zero-order chi connectivity index (χ0) is 10.6. The molecule has 2 atom stereocenters. The van der Waals surface area contributed by atoms with Crippen LogP contribution in [0.4, 0.5) is 0 Å². The quantitative estimate of drug-likeness (QED) is 0.697. The van der Waals surface area contributed by atoms with Crippen LogP contribution >= 0.6 is 24.0 Å². The summed E-state index contributed by atoms with van der Waals surface area (Å²) in [6.45, 7) is 2.90. The van der Waals surface area contributed by atoms with Crippen LogP contribution in [-0.2, 0) is 9.59 Å². The van der Waals surface area contributed by atoms with E-state index < -0.39 is 23.1 Å². The summed E-state index contributed by atoms with van der Waals surface area (Å²) in [5.74, 6) is -2.82. The van der Waals surface area contributed by atoms with E-state index in [1.54, 1.807) is 0 Å². The lowest BCUT2D eigenvalue weighted by atomic mass is 10.2. The summed E-state index contributed by atoms with van der Waals surface area (Å²) < 4.78 is 0.197. The Kier molecular flexibility index (Phi) is 4.94.